The molecule has 0 amide bonds. The fraction of sp³-hybridized carbons (Fsp3) is 0.238. The van der Waals surface area contributed by atoms with E-state index in [2.05, 4.69) is 25.3 Å². The smallest absolute Gasteiger partial charge is 0.201 e. The second kappa shape index (κ2) is 9.48. The van der Waals surface area contributed by atoms with Crippen molar-refractivity contribution in [1.29, 1.82) is 0 Å². The van der Waals surface area contributed by atoms with Crippen LogP contribution in [0.4, 0.5) is 8.78 Å². The Bertz CT molecular complexity index is 771. The molecular formula is C21H20F2O2. The van der Waals surface area contributed by atoms with Crippen LogP contribution in [0.5, 0.6) is 11.5 Å². The summed E-state index contributed by atoms with van der Waals surface area (Å²) in [6.45, 7) is 6.34. The number of halogens is 2. The Labute approximate surface area is 147 Å². The van der Waals surface area contributed by atoms with Crippen LogP contribution >= 0.6 is 0 Å². The van der Waals surface area contributed by atoms with Gasteiger partial charge in [-0.2, -0.15) is 4.39 Å². The Balaban J connectivity index is 2.10. The van der Waals surface area contributed by atoms with E-state index in [0.29, 0.717) is 12.2 Å². The third-order valence-corrected chi connectivity index (χ3v) is 3.37. The summed E-state index contributed by atoms with van der Waals surface area (Å²) in [4.78, 5) is 0. The lowest BCUT2D eigenvalue weighted by atomic mass is 10.1. The van der Waals surface area contributed by atoms with Crippen LogP contribution < -0.4 is 9.47 Å². The molecule has 2 aromatic rings. The molecule has 0 saturated carbocycles. The Morgan fingerprint density at radius 2 is 1.76 bits per heavy atom. The summed E-state index contributed by atoms with van der Waals surface area (Å²) >= 11 is 0. The maximum absolute atomic E-state index is 14.0. The van der Waals surface area contributed by atoms with Crippen molar-refractivity contribution in [2.45, 2.75) is 19.8 Å². The molecule has 4 heteroatoms. The first-order valence-corrected chi connectivity index (χ1v) is 8.12. The molecule has 0 heterocycles. The summed E-state index contributed by atoms with van der Waals surface area (Å²) in [5, 5.41) is 0. The third-order valence-electron chi connectivity index (χ3n) is 3.37. The van der Waals surface area contributed by atoms with Gasteiger partial charge >= 0.3 is 0 Å². The number of rotatable bonds is 7. The van der Waals surface area contributed by atoms with Gasteiger partial charge in [0.25, 0.3) is 0 Å². The lowest BCUT2D eigenvalue weighted by molar-refractivity contribution is 0.309. The predicted molar refractivity (Wildman–Crippen MR) is 94.9 cm³/mol. The van der Waals surface area contributed by atoms with E-state index in [1.54, 1.807) is 12.1 Å². The summed E-state index contributed by atoms with van der Waals surface area (Å²) in [5.41, 5.74) is 0.668. The van der Waals surface area contributed by atoms with E-state index in [0.717, 1.165) is 18.6 Å². The van der Waals surface area contributed by atoms with Gasteiger partial charge in [0, 0.05) is 5.56 Å². The highest BCUT2D eigenvalue weighted by Crippen LogP contribution is 2.22. The minimum atomic E-state index is -1.05. The zero-order valence-corrected chi connectivity index (χ0v) is 14.1. The largest absolute Gasteiger partial charge is 0.494 e. The standard InChI is InChI=1S/C21H20F2O2/c1-3-5-15-24-18-11-7-16(8-12-18)6-9-17-10-13-19(25-14-4-2)21(23)20(17)22/h4,7-8,10-13H,2-3,5,14-15H2,1H3. The highest BCUT2D eigenvalue weighted by Gasteiger charge is 2.13. The topological polar surface area (TPSA) is 18.5 Å². The average Bonchev–Trinajstić information content (AvgIpc) is 2.63. The summed E-state index contributed by atoms with van der Waals surface area (Å²) < 4.78 is 38.5. The fourth-order valence-electron chi connectivity index (χ4n) is 2.00. The van der Waals surface area contributed by atoms with Crippen molar-refractivity contribution in [2.24, 2.45) is 0 Å². The van der Waals surface area contributed by atoms with Gasteiger partial charge in [-0.15, -0.1) is 0 Å². The number of hydrogen-bond acceptors (Lipinski definition) is 2. The van der Waals surface area contributed by atoms with Crippen molar-refractivity contribution in [3.05, 3.63) is 71.8 Å². The highest BCUT2D eigenvalue weighted by atomic mass is 19.2. The van der Waals surface area contributed by atoms with E-state index in [1.807, 2.05) is 12.1 Å². The molecule has 2 rings (SSSR count). The highest BCUT2D eigenvalue weighted by molar-refractivity contribution is 5.46. The average molecular weight is 342 g/mol. The van der Waals surface area contributed by atoms with Crippen molar-refractivity contribution in [3.8, 4) is 23.3 Å². The SMILES string of the molecule is C=CCOc1ccc(C#Cc2ccc(OCCCC)cc2)c(F)c1F. The molecule has 0 saturated heterocycles. The molecule has 2 nitrogen and oxygen atoms in total. The first kappa shape index (κ1) is 18.5. The Hall–Kier alpha value is -2.80. The number of hydrogen-bond donors (Lipinski definition) is 0. The molecule has 0 spiro atoms. The minimum absolute atomic E-state index is 0.0216. The normalized spacial score (nSPS) is 9.88. The van der Waals surface area contributed by atoms with Crippen molar-refractivity contribution in [1.82, 2.24) is 0 Å². The Morgan fingerprint density at radius 3 is 2.44 bits per heavy atom. The van der Waals surface area contributed by atoms with E-state index in [4.69, 9.17) is 9.47 Å². The zero-order chi connectivity index (χ0) is 18.1. The first-order chi connectivity index (χ1) is 12.2. The minimum Gasteiger partial charge on any atom is -0.494 e. The van der Waals surface area contributed by atoms with Gasteiger partial charge in [-0.05, 0) is 42.8 Å². The van der Waals surface area contributed by atoms with Crippen LogP contribution in [0, 0.1) is 23.5 Å². The third kappa shape index (κ3) is 5.36. The molecule has 0 aromatic heterocycles. The molecule has 0 bridgehead atoms. The molecule has 0 aliphatic carbocycles. The molecule has 0 unspecified atom stereocenters. The molecule has 0 aliphatic rings. The molecule has 25 heavy (non-hydrogen) atoms. The van der Waals surface area contributed by atoms with Gasteiger partial charge in [0.1, 0.15) is 12.4 Å². The molecule has 130 valence electrons. The van der Waals surface area contributed by atoms with Crippen LogP contribution in [-0.2, 0) is 0 Å². The first-order valence-electron chi connectivity index (χ1n) is 8.12. The van der Waals surface area contributed by atoms with Crippen molar-refractivity contribution in [2.75, 3.05) is 13.2 Å². The van der Waals surface area contributed by atoms with Gasteiger partial charge in [0.2, 0.25) is 5.82 Å². The summed E-state index contributed by atoms with van der Waals surface area (Å²) in [5.74, 6) is 4.00. The van der Waals surface area contributed by atoms with E-state index in [-0.39, 0.29) is 17.9 Å². The van der Waals surface area contributed by atoms with Crippen LogP contribution in [-0.4, -0.2) is 13.2 Å². The van der Waals surface area contributed by atoms with Crippen LogP contribution in [0.1, 0.15) is 30.9 Å². The predicted octanol–water partition coefficient (Wildman–Crippen LogP) is 5.11. The molecule has 0 atom stereocenters. The van der Waals surface area contributed by atoms with Gasteiger partial charge in [-0.3, -0.25) is 0 Å². The van der Waals surface area contributed by atoms with Crippen molar-refractivity contribution in [3.63, 3.8) is 0 Å². The van der Waals surface area contributed by atoms with Gasteiger partial charge < -0.3 is 9.47 Å². The molecule has 0 aliphatic heterocycles. The van der Waals surface area contributed by atoms with Crippen LogP contribution in [0.3, 0.4) is 0 Å². The molecule has 0 N–H and O–H groups in total. The van der Waals surface area contributed by atoms with Gasteiger partial charge in [0.15, 0.2) is 11.6 Å². The maximum atomic E-state index is 14.0. The number of unbranched alkanes of at least 4 members (excludes halogenated alkanes) is 1. The van der Waals surface area contributed by atoms with Crippen molar-refractivity contribution < 1.29 is 18.3 Å². The maximum Gasteiger partial charge on any atom is 0.201 e. The van der Waals surface area contributed by atoms with E-state index < -0.39 is 11.6 Å². The second-order valence-electron chi connectivity index (χ2n) is 5.32. The number of benzene rings is 2. The fourth-order valence-corrected chi connectivity index (χ4v) is 2.00. The quantitative estimate of drug-likeness (QED) is 0.395. The summed E-state index contributed by atoms with van der Waals surface area (Å²) in [6, 6.07) is 9.93. The van der Waals surface area contributed by atoms with Crippen LogP contribution in [0.15, 0.2) is 49.1 Å². The van der Waals surface area contributed by atoms with E-state index in [1.165, 1.54) is 18.2 Å². The summed E-state index contributed by atoms with van der Waals surface area (Å²) in [6.07, 6.45) is 3.53. The lowest BCUT2D eigenvalue weighted by Gasteiger charge is -2.06. The Morgan fingerprint density at radius 1 is 1.00 bits per heavy atom. The summed E-state index contributed by atoms with van der Waals surface area (Å²) in [7, 11) is 0. The van der Waals surface area contributed by atoms with Crippen LogP contribution in [0.2, 0.25) is 0 Å². The van der Waals surface area contributed by atoms with Gasteiger partial charge in [-0.1, -0.05) is 37.8 Å². The zero-order valence-electron chi connectivity index (χ0n) is 14.1. The monoisotopic (exact) mass is 342 g/mol. The Kier molecular flexibility index (Phi) is 7.03. The molecule has 0 fully saturated rings. The number of ether oxygens (including phenoxy) is 2. The van der Waals surface area contributed by atoms with Gasteiger partial charge in [0.05, 0.1) is 12.2 Å². The second-order valence-corrected chi connectivity index (χ2v) is 5.32. The lowest BCUT2D eigenvalue weighted by Crippen LogP contribution is -1.99. The van der Waals surface area contributed by atoms with Crippen molar-refractivity contribution >= 4 is 0 Å². The molecular weight excluding hydrogens is 322 g/mol. The van der Waals surface area contributed by atoms with Crippen LogP contribution in [0.25, 0.3) is 0 Å². The van der Waals surface area contributed by atoms with Gasteiger partial charge in [-0.25, -0.2) is 4.39 Å². The molecule has 0 radical (unpaired) electrons. The van der Waals surface area contributed by atoms with E-state index in [9.17, 15) is 8.78 Å². The molecule has 2 aromatic carbocycles. The van der Waals surface area contributed by atoms with E-state index >= 15 is 0 Å².